The number of halogens is 2. The number of nitrogens with two attached hydrogens (primary N) is 1. The Morgan fingerprint density at radius 1 is 1.42 bits per heavy atom. The fraction of sp³-hybridized carbons (Fsp3) is 0.462. The summed E-state index contributed by atoms with van der Waals surface area (Å²) in [5, 5.41) is 3.99. The van der Waals surface area contributed by atoms with Crippen LogP contribution in [0.4, 0.5) is 0 Å². The average Bonchev–Trinajstić information content (AvgIpc) is 2.34. The minimum absolute atomic E-state index is 0.118. The lowest BCUT2D eigenvalue weighted by Crippen LogP contribution is -2.47. The molecule has 1 amide bonds. The number of rotatable bonds is 6. The van der Waals surface area contributed by atoms with E-state index in [0.717, 1.165) is 5.56 Å². The molecule has 19 heavy (non-hydrogen) atoms. The summed E-state index contributed by atoms with van der Waals surface area (Å²) >= 11 is 12.2. The van der Waals surface area contributed by atoms with Crippen LogP contribution < -0.4 is 11.1 Å². The van der Waals surface area contributed by atoms with E-state index in [1.165, 1.54) is 7.11 Å². The van der Waals surface area contributed by atoms with Crippen LogP contribution in [0.15, 0.2) is 18.2 Å². The monoisotopic (exact) mass is 304 g/mol. The highest BCUT2D eigenvalue weighted by Crippen LogP contribution is 2.25. The number of ether oxygens (including phenoxy) is 1. The van der Waals surface area contributed by atoms with Gasteiger partial charge in [-0.1, -0.05) is 29.3 Å². The van der Waals surface area contributed by atoms with Crippen molar-refractivity contribution in [3.05, 3.63) is 33.8 Å². The van der Waals surface area contributed by atoms with Crippen molar-refractivity contribution in [1.29, 1.82) is 0 Å². The summed E-state index contributed by atoms with van der Waals surface area (Å²) in [5.74, 6) is -0.252. The first-order chi connectivity index (χ1) is 8.95. The van der Waals surface area contributed by atoms with Gasteiger partial charge in [-0.15, -0.1) is 0 Å². The minimum atomic E-state index is -0.672. The summed E-state index contributed by atoms with van der Waals surface area (Å²) in [6.45, 7) is 2.06. The molecule has 0 spiro atoms. The Labute approximate surface area is 123 Å². The van der Waals surface area contributed by atoms with Crippen LogP contribution in [0.2, 0.25) is 10.0 Å². The first-order valence-corrected chi connectivity index (χ1v) is 6.69. The highest BCUT2D eigenvalue weighted by Gasteiger charge is 2.17. The van der Waals surface area contributed by atoms with E-state index < -0.39 is 6.04 Å². The van der Waals surface area contributed by atoms with Gasteiger partial charge in [-0.05, 0) is 31.0 Å². The molecule has 4 nitrogen and oxygen atoms in total. The topological polar surface area (TPSA) is 64.3 Å². The maximum Gasteiger partial charge on any atom is 0.239 e. The molecule has 0 fully saturated rings. The maximum absolute atomic E-state index is 11.7. The lowest BCUT2D eigenvalue weighted by molar-refractivity contribution is -0.124. The molecule has 1 aromatic carbocycles. The van der Waals surface area contributed by atoms with Gasteiger partial charge in [0.05, 0.1) is 6.61 Å². The molecule has 6 heteroatoms. The van der Waals surface area contributed by atoms with E-state index in [4.69, 9.17) is 33.7 Å². The Kier molecular flexibility index (Phi) is 6.58. The molecule has 0 aliphatic rings. The maximum atomic E-state index is 11.7. The zero-order chi connectivity index (χ0) is 14.4. The van der Waals surface area contributed by atoms with E-state index >= 15 is 0 Å². The molecule has 0 aliphatic carbocycles. The molecule has 1 rings (SSSR count). The Hall–Kier alpha value is -0.810. The van der Waals surface area contributed by atoms with Crippen molar-refractivity contribution < 1.29 is 9.53 Å². The van der Waals surface area contributed by atoms with Gasteiger partial charge in [-0.2, -0.15) is 0 Å². The zero-order valence-electron chi connectivity index (χ0n) is 11.0. The van der Waals surface area contributed by atoms with E-state index in [1.54, 1.807) is 18.2 Å². The van der Waals surface area contributed by atoms with Crippen LogP contribution in [0, 0.1) is 0 Å². The number of carbonyl (C=O) groups is 1. The lowest BCUT2D eigenvalue weighted by atomic mass is 10.1. The van der Waals surface area contributed by atoms with Crippen LogP contribution in [-0.2, 0) is 16.0 Å². The predicted molar refractivity (Wildman–Crippen MR) is 77.6 cm³/mol. The molecule has 0 radical (unpaired) electrons. The summed E-state index contributed by atoms with van der Waals surface area (Å²) in [5.41, 5.74) is 6.46. The quantitative estimate of drug-likeness (QED) is 0.845. The van der Waals surface area contributed by atoms with Gasteiger partial charge in [0.25, 0.3) is 0 Å². The van der Waals surface area contributed by atoms with Gasteiger partial charge in [0.15, 0.2) is 0 Å². The van der Waals surface area contributed by atoms with Gasteiger partial charge in [-0.25, -0.2) is 0 Å². The number of nitrogens with one attached hydrogen (secondary N) is 1. The van der Waals surface area contributed by atoms with E-state index in [-0.39, 0.29) is 18.6 Å². The van der Waals surface area contributed by atoms with Gasteiger partial charge in [0.2, 0.25) is 5.91 Å². The van der Waals surface area contributed by atoms with Crippen LogP contribution in [0.25, 0.3) is 0 Å². The largest absolute Gasteiger partial charge is 0.383 e. The molecule has 2 atom stereocenters. The number of amides is 1. The fourth-order valence-corrected chi connectivity index (χ4v) is 2.24. The molecule has 0 heterocycles. The van der Waals surface area contributed by atoms with Crippen LogP contribution in [-0.4, -0.2) is 31.7 Å². The first kappa shape index (κ1) is 16.2. The van der Waals surface area contributed by atoms with Crippen LogP contribution in [0.1, 0.15) is 12.5 Å². The number of hydrogen-bond acceptors (Lipinski definition) is 3. The van der Waals surface area contributed by atoms with Crippen molar-refractivity contribution in [3.8, 4) is 0 Å². The van der Waals surface area contributed by atoms with E-state index in [0.29, 0.717) is 16.5 Å². The molecular formula is C13H18Cl2N2O2. The summed E-state index contributed by atoms with van der Waals surface area (Å²) in [6, 6.07) is 4.54. The van der Waals surface area contributed by atoms with Crippen molar-refractivity contribution in [2.45, 2.75) is 25.4 Å². The molecule has 0 aliphatic heterocycles. The Bertz CT molecular complexity index is 420. The number of hydrogen-bond donors (Lipinski definition) is 2. The highest BCUT2D eigenvalue weighted by molar-refractivity contribution is 6.36. The van der Waals surface area contributed by atoms with E-state index in [2.05, 4.69) is 5.32 Å². The van der Waals surface area contributed by atoms with Gasteiger partial charge >= 0.3 is 0 Å². The average molecular weight is 305 g/mol. The lowest BCUT2D eigenvalue weighted by Gasteiger charge is -2.18. The van der Waals surface area contributed by atoms with Crippen LogP contribution >= 0.6 is 23.2 Å². The zero-order valence-corrected chi connectivity index (χ0v) is 12.5. The second-order valence-electron chi connectivity index (χ2n) is 4.38. The standard InChI is InChI=1S/C13H18Cl2N2O2/c1-8(17-13(18)12(16)7-19-2)6-9-10(14)4-3-5-11(9)15/h3-5,8,12H,6-7,16H2,1-2H3,(H,17,18). The summed E-state index contributed by atoms with van der Waals surface area (Å²) in [7, 11) is 1.50. The van der Waals surface area contributed by atoms with Gasteiger partial charge in [0.1, 0.15) is 6.04 Å². The molecule has 2 unspecified atom stereocenters. The molecule has 0 saturated carbocycles. The third-order valence-corrected chi connectivity index (χ3v) is 3.35. The second kappa shape index (κ2) is 7.70. The van der Waals surface area contributed by atoms with Crippen molar-refractivity contribution in [2.24, 2.45) is 5.73 Å². The molecule has 106 valence electrons. The fourth-order valence-electron chi connectivity index (χ4n) is 1.69. The van der Waals surface area contributed by atoms with Crippen LogP contribution in [0.3, 0.4) is 0 Å². The van der Waals surface area contributed by atoms with E-state index in [1.807, 2.05) is 6.92 Å². The number of methoxy groups -OCH3 is 1. The molecule has 1 aromatic rings. The van der Waals surface area contributed by atoms with Gasteiger partial charge in [-0.3, -0.25) is 4.79 Å². The second-order valence-corrected chi connectivity index (χ2v) is 5.19. The van der Waals surface area contributed by atoms with Crippen molar-refractivity contribution in [1.82, 2.24) is 5.32 Å². The molecular weight excluding hydrogens is 287 g/mol. The normalized spacial score (nSPS) is 13.9. The molecule has 0 saturated heterocycles. The van der Waals surface area contributed by atoms with Gasteiger partial charge in [0, 0.05) is 23.2 Å². The molecule has 0 bridgehead atoms. The van der Waals surface area contributed by atoms with Gasteiger partial charge < -0.3 is 15.8 Å². The smallest absolute Gasteiger partial charge is 0.239 e. The molecule has 3 N–H and O–H groups in total. The summed E-state index contributed by atoms with van der Waals surface area (Å²) in [4.78, 5) is 11.7. The van der Waals surface area contributed by atoms with Crippen molar-refractivity contribution in [2.75, 3.05) is 13.7 Å². The molecule has 0 aromatic heterocycles. The SMILES string of the molecule is COCC(N)C(=O)NC(C)Cc1c(Cl)cccc1Cl. The third kappa shape index (κ3) is 4.99. The van der Waals surface area contributed by atoms with Crippen molar-refractivity contribution >= 4 is 29.1 Å². The van der Waals surface area contributed by atoms with Crippen LogP contribution in [0.5, 0.6) is 0 Å². The highest BCUT2D eigenvalue weighted by atomic mass is 35.5. The Balaban J connectivity index is 2.60. The Morgan fingerprint density at radius 3 is 2.53 bits per heavy atom. The predicted octanol–water partition coefficient (Wildman–Crippen LogP) is 2.01. The summed E-state index contributed by atoms with van der Waals surface area (Å²) < 4.78 is 4.83. The van der Waals surface area contributed by atoms with E-state index in [9.17, 15) is 4.79 Å². The van der Waals surface area contributed by atoms with Crippen molar-refractivity contribution in [3.63, 3.8) is 0 Å². The minimum Gasteiger partial charge on any atom is -0.383 e. The Morgan fingerprint density at radius 2 is 2.00 bits per heavy atom. The summed E-state index contributed by atoms with van der Waals surface area (Å²) in [6.07, 6.45) is 0.546. The number of benzene rings is 1. The first-order valence-electron chi connectivity index (χ1n) is 5.93. The number of carbonyl (C=O) groups excluding carboxylic acids is 1. The third-order valence-electron chi connectivity index (χ3n) is 2.64.